The van der Waals surface area contributed by atoms with Gasteiger partial charge in [-0.1, -0.05) is 6.07 Å². The van der Waals surface area contributed by atoms with E-state index in [9.17, 15) is 9.18 Å². The molecule has 0 saturated carbocycles. The fourth-order valence-corrected chi connectivity index (χ4v) is 1.25. The van der Waals surface area contributed by atoms with Gasteiger partial charge in [0.25, 0.3) is 0 Å². The fraction of sp³-hybridized carbons (Fsp3) is 0.417. The van der Waals surface area contributed by atoms with Gasteiger partial charge >= 0.3 is 5.97 Å². The van der Waals surface area contributed by atoms with Crippen LogP contribution in [0.25, 0.3) is 0 Å². The van der Waals surface area contributed by atoms with E-state index in [4.69, 9.17) is 5.11 Å². The predicted octanol–water partition coefficient (Wildman–Crippen LogP) is 2.09. The van der Waals surface area contributed by atoms with Crippen LogP contribution in [-0.2, 0) is 11.3 Å². The van der Waals surface area contributed by atoms with Gasteiger partial charge in [0.2, 0.25) is 0 Å². The zero-order valence-corrected chi connectivity index (χ0v) is 9.67. The van der Waals surface area contributed by atoms with Crippen LogP contribution in [-0.4, -0.2) is 16.6 Å². The lowest BCUT2D eigenvalue weighted by Gasteiger charge is -2.21. The van der Waals surface area contributed by atoms with Crippen LogP contribution >= 0.6 is 0 Å². The van der Waals surface area contributed by atoms with Gasteiger partial charge in [-0.2, -0.15) is 0 Å². The van der Waals surface area contributed by atoms with Crippen molar-refractivity contribution in [1.82, 2.24) is 5.32 Å². The van der Waals surface area contributed by atoms with Gasteiger partial charge in [0.1, 0.15) is 11.4 Å². The second kappa shape index (κ2) is 4.61. The van der Waals surface area contributed by atoms with Gasteiger partial charge in [0, 0.05) is 6.54 Å². The summed E-state index contributed by atoms with van der Waals surface area (Å²) < 4.78 is 12.8. The Labute approximate surface area is 94.3 Å². The standard InChI is InChI=1S/C12H16FNO2/c1-8-6-10(13)5-4-9(8)7-14-12(2,3)11(15)16/h4-6,14H,7H2,1-3H3,(H,15,16). The van der Waals surface area contributed by atoms with Crippen molar-refractivity contribution in [3.8, 4) is 0 Å². The van der Waals surface area contributed by atoms with Crippen LogP contribution in [0.3, 0.4) is 0 Å². The summed E-state index contributed by atoms with van der Waals surface area (Å²) in [6, 6.07) is 4.47. The molecule has 0 aliphatic carbocycles. The van der Waals surface area contributed by atoms with Crippen molar-refractivity contribution >= 4 is 5.97 Å². The lowest BCUT2D eigenvalue weighted by Crippen LogP contribution is -2.46. The molecule has 0 spiro atoms. The minimum atomic E-state index is -0.985. The first kappa shape index (κ1) is 12.6. The average molecular weight is 225 g/mol. The molecule has 1 aromatic carbocycles. The molecule has 1 aromatic rings. The molecular weight excluding hydrogens is 209 g/mol. The third-order valence-corrected chi connectivity index (χ3v) is 2.56. The number of carbonyl (C=O) groups is 1. The Morgan fingerprint density at radius 2 is 2.12 bits per heavy atom. The van der Waals surface area contributed by atoms with Crippen molar-refractivity contribution in [2.24, 2.45) is 0 Å². The van der Waals surface area contributed by atoms with Crippen molar-refractivity contribution in [2.75, 3.05) is 0 Å². The number of halogens is 1. The first-order chi connectivity index (χ1) is 7.33. The average Bonchev–Trinajstić information content (AvgIpc) is 2.16. The molecular formula is C12H16FNO2. The van der Waals surface area contributed by atoms with Gasteiger partial charge in [0.05, 0.1) is 0 Å². The molecule has 0 aliphatic rings. The van der Waals surface area contributed by atoms with E-state index in [1.807, 2.05) is 0 Å². The molecule has 1 rings (SSSR count). The maximum atomic E-state index is 12.8. The van der Waals surface area contributed by atoms with Crippen LogP contribution in [0.2, 0.25) is 0 Å². The van der Waals surface area contributed by atoms with Crippen LogP contribution in [0.4, 0.5) is 4.39 Å². The van der Waals surface area contributed by atoms with Crippen LogP contribution < -0.4 is 5.32 Å². The molecule has 0 atom stereocenters. The highest BCUT2D eigenvalue weighted by atomic mass is 19.1. The minimum absolute atomic E-state index is 0.279. The van der Waals surface area contributed by atoms with Crippen molar-refractivity contribution < 1.29 is 14.3 Å². The Hall–Kier alpha value is -1.42. The number of hydrogen-bond acceptors (Lipinski definition) is 2. The molecule has 0 radical (unpaired) electrons. The van der Waals surface area contributed by atoms with Crippen LogP contribution in [0, 0.1) is 12.7 Å². The fourth-order valence-electron chi connectivity index (χ4n) is 1.25. The first-order valence-electron chi connectivity index (χ1n) is 5.06. The zero-order valence-electron chi connectivity index (χ0n) is 9.67. The lowest BCUT2D eigenvalue weighted by atomic mass is 10.0. The topological polar surface area (TPSA) is 49.3 Å². The SMILES string of the molecule is Cc1cc(F)ccc1CNC(C)(C)C(=O)O. The summed E-state index contributed by atoms with van der Waals surface area (Å²) in [7, 11) is 0. The molecule has 0 amide bonds. The second-order valence-electron chi connectivity index (χ2n) is 4.35. The quantitative estimate of drug-likeness (QED) is 0.824. The maximum absolute atomic E-state index is 12.8. The van der Waals surface area contributed by atoms with Crippen molar-refractivity contribution in [1.29, 1.82) is 0 Å². The summed E-state index contributed by atoms with van der Waals surface area (Å²) in [6.45, 7) is 5.39. The van der Waals surface area contributed by atoms with E-state index in [1.165, 1.54) is 12.1 Å². The molecule has 0 aliphatic heterocycles. The minimum Gasteiger partial charge on any atom is -0.480 e. The number of carboxylic acids is 1. The molecule has 0 bridgehead atoms. The van der Waals surface area contributed by atoms with Gasteiger partial charge in [-0.05, 0) is 44.0 Å². The summed E-state index contributed by atoms with van der Waals surface area (Å²) >= 11 is 0. The molecule has 3 nitrogen and oxygen atoms in total. The van der Waals surface area contributed by atoms with Crippen LogP contribution in [0.5, 0.6) is 0 Å². The third-order valence-electron chi connectivity index (χ3n) is 2.56. The van der Waals surface area contributed by atoms with Gasteiger partial charge in [-0.3, -0.25) is 10.1 Å². The van der Waals surface area contributed by atoms with Gasteiger partial charge in [-0.15, -0.1) is 0 Å². The van der Waals surface area contributed by atoms with E-state index < -0.39 is 11.5 Å². The van der Waals surface area contributed by atoms with Crippen LogP contribution in [0.15, 0.2) is 18.2 Å². The number of benzene rings is 1. The Kier molecular flexibility index (Phi) is 3.65. The summed E-state index contributed by atoms with van der Waals surface area (Å²) in [4.78, 5) is 10.9. The number of rotatable bonds is 4. The Bertz CT molecular complexity index is 402. The van der Waals surface area contributed by atoms with E-state index in [2.05, 4.69) is 5.32 Å². The number of nitrogens with one attached hydrogen (secondary N) is 1. The summed E-state index contributed by atoms with van der Waals surface area (Å²) in [5.41, 5.74) is 0.727. The van der Waals surface area contributed by atoms with E-state index in [1.54, 1.807) is 26.8 Å². The molecule has 2 N–H and O–H groups in total. The Balaban J connectivity index is 2.72. The van der Waals surface area contributed by atoms with E-state index in [-0.39, 0.29) is 5.82 Å². The second-order valence-corrected chi connectivity index (χ2v) is 4.35. The summed E-state index contributed by atoms with van der Waals surface area (Å²) in [6.07, 6.45) is 0. The highest BCUT2D eigenvalue weighted by Gasteiger charge is 2.25. The van der Waals surface area contributed by atoms with Gasteiger partial charge in [0.15, 0.2) is 0 Å². The molecule has 0 unspecified atom stereocenters. The van der Waals surface area contributed by atoms with Gasteiger partial charge in [-0.25, -0.2) is 4.39 Å². The largest absolute Gasteiger partial charge is 0.480 e. The predicted molar refractivity (Wildman–Crippen MR) is 59.7 cm³/mol. The molecule has 16 heavy (non-hydrogen) atoms. The van der Waals surface area contributed by atoms with Crippen molar-refractivity contribution in [3.63, 3.8) is 0 Å². The van der Waals surface area contributed by atoms with Gasteiger partial charge < -0.3 is 5.11 Å². The summed E-state index contributed by atoms with van der Waals surface area (Å²) in [5.74, 6) is -1.19. The first-order valence-corrected chi connectivity index (χ1v) is 5.06. The highest BCUT2D eigenvalue weighted by Crippen LogP contribution is 2.11. The maximum Gasteiger partial charge on any atom is 0.323 e. The Morgan fingerprint density at radius 3 is 2.62 bits per heavy atom. The molecule has 88 valence electrons. The zero-order chi connectivity index (χ0) is 12.3. The lowest BCUT2D eigenvalue weighted by molar-refractivity contribution is -0.143. The highest BCUT2D eigenvalue weighted by molar-refractivity contribution is 5.77. The van der Waals surface area contributed by atoms with E-state index >= 15 is 0 Å². The number of aliphatic carboxylic acids is 1. The van der Waals surface area contributed by atoms with Crippen molar-refractivity contribution in [2.45, 2.75) is 32.9 Å². The number of hydrogen-bond donors (Lipinski definition) is 2. The Morgan fingerprint density at radius 1 is 1.50 bits per heavy atom. The van der Waals surface area contributed by atoms with Crippen molar-refractivity contribution in [3.05, 3.63) is 35.1 Å². The van der Waals surface area contributed by atoms with Crippen LogP contribution in [0.1, 0.15) is 25.0 Å². The van der Waals surface area contributed by atoms with E-state index in [0.717, 1.165) is 11.1 Å². The molecule has 0 heterocycles. The molecule has 0 aromatic heterocycles. The molecule has 4 heteroatoms. The normalized spacial score (nSPS) is 11.5. The number of carboxylic acid groups (broad SMARTS) is 1. The number of aryl methyl sites for hydroxylation is 1. The van der Waals surface area contributed by atoms with E-state index in [0.29, 0.717) is 6.54 Å². The molecule has 0 fully saturated rings. The summed E-state index contributed by atoms with van der Waals surface area (Å²) in [5, 5.41) is 11.8. The molecule has 0 saturated heterocycles. The smallest absolute Gasteiger partial charge is 0.323 e. The monoisotopic (exact) mass is 225 g/mol. The third kappa shape index (κ3) is 3.03.